The Balaban J connectivity index is 1.36. The van der Waals surface area contributed by atoms with Crippen LogP contribution in [0.3, 0.4) is 0 Å². The summed E-state index contributed by atoms with van der Waals surface area (Å²) in [4.78, 5) is 55.9. The van der Waals surface area contributed by atoms with E-state index in [0.29, 0.717) is 24.3 Å². The third-order valence-electron chi connectivity index (χ3n) is 11.7. The summed E-state index contributed by atoms with van der Waals surface area (Å²) < 4.78 is 29.3. The van der Waals surface area contributed by atoms with Gasteiger partial charge in [-0.05, 0) is 90.2 Å². The van der Waals surface area contributed by atoms with Crippen LogP contribution in [0.4, 0.5) is 10.5 Å². The van der Waals surface area contributed by atoms with Crippen molar-refractivity contribution in [1.82, 2.24) is 10.2 Å². The van der Waals surface area contributed by atoms with Crippen LogP contribution in [0.1, 0.15) is 84.6 Å². The van der Waals surface area contributed by atoms with E-state index in [1.165, 1.54) is 19.1 Å². The third kappa shape index (κ3) is 10.3. The molecule has 0 saturated carbocycles. The van der Waals surface area contributed by atoms with E-state index < -0.39 is 53.7 Å². The zero-order valence-corrected chi connectivity index (χ0v) is 34.0. The number of nitrogens with one attached hydrogen (secondary N) is 1. The number of unbranched alkanes of at least 4 members (excludes halogenated alkanes) is 2. The molecule has 0 aromatic heterocycles. The van der Waals surface area contributed by atoms with E-state index in [1.807, 2.05) is 32.1 Å². The Kier molecular flexibility index (Phi) is 14.1. The van der Waals surface area contributed by atoms with Gasteiger partial charge in [-0.3, -0.25) is 19.7 Å². The molecule has 1 aromatic rings. The maximum Gasteiger partial charge on any atom is 0.409 e. The summed E-state index contributed by atoms with van der Waals surface area (Å²) in [6.07, 6.45) is 5.88. The number of epoxide rings is 1. The molecule has 0 radical (unpaired) electrons. The van der Waals surface area contributed by atoms with Crippen molar-refractivity contribution in [2.75, 3.05) is 45.8 Å². The first-order valence-corrected chi connectivity index (χ1v) is 19.8. The molecule has 0 spiro atoms. The highest BCUT2D eigenvalue weighted by Crippen LogP contribution is 2.49. The minimum absolute atomic E-state index is 0.00756. The van der Waals surface area contributed by atoms with Gasteiger partial charge in [-0.1, -0.05) is 48.7 Å². The fraction of sp³-hybridized carbons (Fsp3) is 0.659. The van der Waals surface area contributed by atoms with Crippen LogP contribution in [0.25, 0.3) is 0 Å². The number of carbonyl (C=O) groups excluding carboxylic acids is 4. The molecule has 4 aliphatic heterocycles. The second-order valence-electron chi connectivity index (χ2n) is 15.8. The number of Topliss-reactive ketones (excluding diaryl/α,β-unsaturated/α-hetero) is 1. The molecule has 7 atom stereocenters. The smallest absolute Gasteiger partial charge is 0.409 e. The number of nitrogens with zero attached hydrogens (tertiary/aromatic N) is 2. The molecule has 1 aromatic carbocycles. The zero-order valence-electron chi connectivity index (χ0n) is 33.2. The van der Waals surface area contributed by atoms with E-state index in [9.17, 15) is 24.3 Å². The van der Waals surface area contributed by atoms with E-state index in [0.717, 1.165) is 56.5 Å². The van der Waals surface area contributed by atoms with Crippen molar-refractivity contribution in [3.8, 4) is 5.75 Å². The van der Waals surface area contributed by atoms with Crippen LogP contribution < -0.4 is 15.0 Å². The van der Waals surface area contributed by atoms with Crippen LogP contribution in [0, 0.1) is 11.8 Å². The summed E-state index contributed by atoms with van der Waals surface area (Å²) in [7, 11) is 4.59. The molecule has 0 aliphatic carbocycles. The van der Waals surface area contributed by atoms with Crippen LogP contribution >= 0.6 is 11.6 Å². The first kappa shape index (κ1) is 42.6. The number of ether oxygens (including phenoxy) is 5. The number of hydrogen-bond donors (Lipinski definition) is 2. The maximum absolute atomic E-state index is 14.1. The first-order chi connectivity index (χ1) is 26.1. The monoisotopic (exact) mass is 787 g/mol. The Hall–Kier alpha value is -3.49. The zero-order chi connectivity index (χ0) is 40.1. The standard InChI is InChI=1S/C41H58ClN3O10/c1-25-12-11-13-33(52-7)41(50)24-32(53-39(49)43-41)26(2)38-40(4,55-38)34(23-35(47)44(5)30-21-28(20-25)22-31(51-6)37(30)42)54-36(48)14-9-8-10-17-45-18-15-29(16-19-45)27(3)46/h11-13,21-22,26,29,32-34,38,50H,8-10,14-20,23-24H2,1-7H3,(H,43,49)/b13-11+,25-12+/t26-,32+,33-,34+,38+,40+,41+/m1/s1. The second kappa shape index (κ2) is 18.2. The number of benzene rings is 1. The molecular weight excluding hydrogens is 730 g/mol. The molecule has 0 unspecified atom stereocenters. The minimum Gasteiger partial charge on any atom is -0.495 e. The number of rotatable bonds is 10. The lowest BCUT2D eigenvalue weighted by molar-refractivity contribution is -0.154. The number of esters is 1. The van der Waals surface area contributed by atoms with Crippen molar-refractivity contribution in [2.45, 2.75) is 121 Å². The number of aliphatic hydroxyl groups is 1. The number of allylic oxidation sites excluding steroid dienone is 3. The number of alkyl carbamates (subject to hydrolysis) is 1. The highest BCUT2D eigenvalue weighted by atomic mass is 35.5. The largest absolute Gasteiger partial charge is 0.495 e. The summed E-state index contributed by atoms with van der Waals surface area (Å²) in [5, 5.41) is 14.5. The van der Waals surface area contributed by atoms with E-state index in [4.69, 9.17) is 35.3 Å². The molecule has 4 bridgehead atoms. The first-order valence-electron chi connectivity index (χ1n) is 19.4. The van der Waals surface area contributed by atoms with Crippen molar-refractivity contribution in [1.29, 1.82) is 0 Å². The summed E-state index contributed by atoms with van der Waals surface area (Å²) in [6.45, 7) is 9.98. The number of piperidine rings is 1. The predicted octanol–water partition coefficient (Wildman–Crippen LogP) is 5.53. The van der Waals surface area contributed by atoms with E-state index >= 15 is 0 Å². The molecule has 2 amide bonds. The number of hydrogen-bond acceptors (Lipinski definition) is 11. The highest BCUT2D eigenvalue weighted by molar-refractivity contribution is 6.35. The van der Waals surface area contributed by atoms with Crippen molar-refractivity contribution in [2.24, 2.45) is 11.8 Å². The van der Waals surface area contributed by atoms with Gasteiger partial charge in [0.05, 0.1) is 25.3 Å². The van der Waals surface area contributed by atoms with Gasteiger partial charge in [-0.2, -0.15) is 0 Å². The average Bonchev–Trinajstić information content (AvgIpc) is 3.84. The number of amides is 2. The summed E-state index contributed by atoms with van der Waals surface area (Å²) in [5.74, 6) is -0.413. The molecule has 14 heteroatoms. The SMILES string of the molecule is COc1cc2cc(c1Cl)N(C)C(=O)C[C@H](OC(=O)CCCCCN1CCC(C(C)=O)CC1)[C@]1(C)O[C@H]1[C@H](C)[C@@H]1C[C@@](O)(NC(=O)O1)[C@H](OC)/C=C/C=C(\C)C2. The number of anilines is 1. The van der Waals surface area contributed by atoms with Gasteiger partial charge in [0.25, 0.3) is 0 Å². The highest BCUT2D eigenvalue weighted by Gasteiger charge is 2.64. The van der Waals surface area contributed by atoms with Crippen molar-refractivity contribution in [3.63, 3.8) is 0 Å². The van der Waals surface area contributed by atoms with Gasteiger partial charge >= 0.3 is 12.1 Å². The summed E-state index contributed by atoms with van der Waals surface area (Å²) in [5.41, 5.74) is -0.649. The number of likely N-dealkylation sites (tertiary alicyclic amines) is 1. The topological polar surface area (TPSA) is 156 Å². The summed E-state index contributed by atoms with van der Waals surface area (Å²) >= 11 is 6.78. The molecule has 304 valence electrons. The fourth-order valence-corrected chi connectivity index (χ4v) is 8.48. The lowest BCUT2D eigenvalue weighted by Gasteiger charge is -2.42. The molecule has 55 heavy (non-hydrogen) atoms. The van der Waals surface area contributed by atoms with Gasteiger partial charge in [-0.15, -0.1) is 0 Å². The third-order valence-corrected chi connectivity index (χ3v) is 12.1. The van der Waals surface area contributed by atoms with Crippen LogP contribution in [-0.2, 0) is 39.8 Å². The van der Waals surface area contributed by atoms with E-state index in [-0.39, 0.29) is 41.9 Å². The van der Waals surface area contributed by atoms with Gasteiger partial charge < -0.3 is 38.6 Å². The molecule has 2 N–H and O–H groups in total. The Morgan fingerprint density at radius 2 is 1.85 bits per heavy atom. The van der Waals surface area contributed by atoms with Crippen LogP contribution in [-0.4, -0.2) is 110 Å². The van der Waals surface area contributed by atoms with Gasteiger partial charge in [0.2, 0.25) is 5.91 Å². The molecule has 5 rings (SSSR count). The van der Waals surface area contributed by atoms with Crippen molar-refractivity contribution in [3.05, 3.63) is 46.5 Å². The lowest BCUT2D eigenvalue weighted by Crippen LogP contribution is -2.63. The van der Waals surface area contributed by atoms with Crippen LogP contribution in [0.15, 0.2) is 35.9 Å². The van der Waals surface area contributed by atoms with Gasteiger partial charge in [-0.25, -0.2) is 4.79 Å². The number of halogens is 1. The van der Waals surface area contributed by atoms with Gasteiger partial charge in [0, 0.05) is 38.8 Å². The normalized spacial score (nSPS) is 32.3. The second-order valence-corrected chi connectivity index (χ2v) is 16.2. The Bertz CT molecular complexity index is 1640. The van der Waals surface area contributed by atoms with E-state index in [1.54, 1.807) is 33.0 Å². The Morgan fingerprint density at radius 1 is 1.13 bits per heavy atom. The summed E-state index contributed by atoms with van der Waals surface area (Å²) in [6, 6.07) is 3.65. The molecule has 4 aliphatic rings. The maximum atomic E-state index is 14.1. The average molecular weight is 788 g/mol. The number of methoxy groups -OCH3 is 2. The van der Waals surface area contributed by atoms with Crippen molar-refractivity contribution < 1.29 is 48.0 Å². The number of fused-ring (bicyclic) bond motifs is 5. The Labute approximate surface area is 329 Å². The molecule has 4 heterocycles. The lowest BCUT2D eigenvalue weighted by atomic mass is 9.83. The quantitative estimate of drug-likeness (QED) is 0.175. The minimum atomic E-state index is -1.79. The molecular formula is C41H58ClN3O10. The molecule has 3 saturated heterocycles. The van der Waals surface area contributed by atoms with Crippen molar-refractivity contribution >= 4 is 41.0 Å². The molecule has 3 fully saturated rings. The predicted molar refractivity (Wildman–Crippen MR) is 207 cm³/mol. The molecule has 13 nitrogen and oxygen atoms in total. The van der Waals surface area contributed by atoms with Gasteiger partial charge in [0.1, 0.15) is 40.5 Å². The Morgan fingerprint density at radius 3 is 2.53 bits per heavy atom. The van der Waals surface area contributed by atoms with Crippen LogP contribution in [0.5, 0.6) is 5.75 Å². The van der Waals surface area contributed by atoms with E-state index in [2.05, 4.69) is 10.2 Å². The van der Waals surface area contributed by atoms with Gasteiger partial charge in [0.15, 0.2) is 5.72 Å². The number of ketones is 1. The fourth-order valence-electron chi connectivity index (χ4n) is 8.17. The van der Waals surface area contributed by atoms with Crippen LogP contribution in [0.2, 0.25) is 5.02 Å². The number of carbonyl (C=O) groups is 4.